The molecular formula is C21H16ClFN4O2. The summed E-state index contributed by atoms with van der Waals surface area (Å²) in [5, 5.41) is 2.54. The molecule has 0 aliphatic heterocycles. The maximum absolute atomic E-state index is 13.2. The van der Waals surface area contributed by atoms with E-state index < -0.39 is 11.7 Å². The molecule has 0 atom stereocenters. The van der Waals surface area contributed by atoms with Crippen LogP contribution in [0.1, 0.15) is 0 Å². The van der Waals surface area contributed by atoms with Gasteiger partial charge in [0.1, 0.15) is 5.82 Å². The lowest BCUT2D eigenvalue weighted by Gasteiger charge is -2.08. The van der Waals surface area contributed by atoms with Crippen LogP contribution in [-0.2, 0) is 4.79 Å². The number of imidazole rings is 1. The van der Waals surface area contributed by atoms with Gasteiger partial charge in [-0.2, -0.15) is 0 Å². The molecule has 8 heteroatoms. The number of pyridine rings is 1. The van der Waals surface area contributed by atoms with Crippen molar-refractivity contribution in [2.75, 3.05) is 17.7 Å². The third-order valence-electron chi connectivity index (χ3n) is 4.19. The Labute approximate surface area is 170 Å². The number of carbonyl (C=O) groups is 1. The Morgan fingerprint density at radius 1 is 1.21 bits per heavy atom. The Hall–Kier alpha value is -3.58. The molecule has 2 heterocycles. The summed E-state index contributed by atoms with van der Waals surface area (Å²) in [5.41, 5.74) is 9.07. The maximum atomic E-state index is 13.2. The van der Waals surface area contributed by atoms with Gasteiger partial charge in [-0.15, -0.1) is 0 Å². The van der Waals surface area contributed by atoms with Gasteiger partial charge in [0.05, 0.1) is 10.7 Å². The fourth-order valence-corrected chi connectivity index (χ4v) is 3.03. The van der Waals surface area contributed by atoms with Crippen LogP contribution < -0.4 is 15.8 Å². The number of carbonyl (C=O) groups excluding carboxylic acids is 1. The van der Waals surface area contributed by atoms with Crippen molar-refractivity contribution < 1.29 is 13.9 Å². The first-order chi connectivity index (χ1) is 14.0. The second-order valence-electron chi connectivity index (χ2n) is 6.32. The quantitative estimate of drug-likeness (QED) is 0.478. The third kappa shape index (κ3) is 4.14. The number of halogens is 2. The summed E-state index contributed by atoms with van der Waals surface area (Å²) in [6.07, 6.45) is 3.70. The molecule has 1 amide bonds. The first-order valence-electron chi connectivity index (χ1n) is 8.71. The van der Waals surface area contributed by atoms with Gasteiger partial charge < -0.3 is 20.2 Å². The number of fused-ring (bicyclic) bond motifs is 1. The van der Waals surface area contributed by atoms with Gasteiger partial charge in [-0.25, -0.2) is 9.37 Å². The lowest BCUT2D eigenvalue weighted by Crippen LogP contribution is -2.20. The zero-order chi connectivity index (χ0) is 20.4. The Bertz CT molecular complexity index is 1210. The lowest BCUT2D eigenvalue weighted by molar-refractivity contribution is -0.118. The summed E-state index contributed by atoms with van der Waals surface area (Å²) in [6, 6.07) is 14.9. The number of hydrogen-bond acceptors (Lipinski definition) is 4. The summed E-state index contributed by atoms with van der Waals surface area (Å²) in [7, 11) is 0. The van der Waals surface area contributed by atoms with Crippen molar-refractivity contribution in [3.63, 3.8) is 0 Å². The van der Waals surface area contributed by atoms with Gasteiger partial charge >= 0.3 is 0 Å². The van der Waals surface area contributed by atoms with E-state index in [-0.39, 0.29) is 11.6 Å². The van der Waals surface area contributed by atoms with Gasteiger partial charge in [0.2, 0.25) is 0 Å². The molecule has 4 aromatic rings. The number of nitrogens with one attached hydrogen (secondary N) is 1. The first kappa shape index (κ1) is 18.8. The number of amides is 1. The standard InChI is InChI=1S/C21H16ClFN4O2/c22-16-10-15(6-7-17(16)23)25-20(28)12-29-19-5-2-8-27-11-18(26-21(19)27)13-3-1-4-14(24)9-13/h1-11H,12,24H2,(H,25,28). The largest absolute Gasteiger partial charge is 0.480 e. The summed E-state index contributed by atoms with van der Waals surface area (Å²) in [4.78, 5) is 16.8. The molecule has 29 heavy (non-hydrogen) atoms. The van der Waals surface area contributed by atoms with Gasteiger partial charge in [0.15, 0.2) is 18.0 Å². The minimum absolute atomic E-state index is 0.0695. The van der Waals surface area contributed by atoms with Crippen LogP contribution in [0, 0.1) is 5.82 Å². The number of nitrogens with zero attached hydrogens (tertiary/aromatic N) is 2. The number of nitrogen functional groups attached to an aromatic ring is 1. The van der Waals surface area contributed by atoms with Crippen LogP contribution in [0.5, 0.6) is 5.75 Å². The monoisotopic (exact) mass is 410 g/mol. The Balaban J connectivity index is 1.50. The number of nitrogens with two attached hydrogens (primary N) is 1. The molecule has 0 saturated heterocycles. The Kier molecular flexibility index (Phi) is 5.05. The highest BCUT2D eigenvalue weighted by molar-refractivity contribution is 6.31. The zero-order valence-electron chi connectivity index (χ0n) is 15.1. The molecule has 0 fully saturated rings. The fourth-order valence-electron chi connectivity index (χ4n) is 2.85. The highest BCUT2D eigenvalue weighted by atomic mass is 35.5. The van der Waals surface area contributed by atoms with Gasteiger partial charge in [0, 0.05) is 29.3 Å². The highest BCUT2D eigenvalue weighted by Gasteiger charge is 2.11. The minimum Gasteiger partial charge on any atom is -0.480 e. The van der Waals surface area contributed by atoms with Crippen LogP contribution in [0.15, 0.2) is 67.0 Å². The highest BCUT2D eigenvalue weighted by Crippen LogP contribution is 2.25. The van der Waals surface area contributed by atoms with Gasteiger partial charge in [-0.05, 0) is 42.5 Å². The van der Waals surface area contributed by atoms with Crippen LogP contribution in [0.4, 0.5) is 15.8 Å². The molecular weight excluding hydrogens is 395 g/mol. The van der Waals surface area contributed by atoms with E-state index in [2.05, 4.69) is 10.3 Å². The van der Waals surface area contributed by atoms with Crippen LogP contribution in [-0.4, -0.2) is 21.9 Å². The van der Waals surface area contributed by atoms with Gasteiger partial charge in [0.25, 0.3) is 5.91 Å². The summed E-state index contributed by atoms with van der Waals surface area (Å²) in [6.45, 7) is -0.241. The summed E-state index contributed by atoms with van der Waals surface area (Å²) in [5.74, 6) is -0.505. The molecule has 146 valence electrons. The molecule has 0 saturated carbocycles. The summed E-state index contributed by atoms with van der Waals surface area (Å²) < 4.78 is 20.7. The van der Waals surface area contributed by atoms with E-state index in [0.717, 1.165) is 11.3 Å². The Morgan fingerprint density at radius 3 is 2.86 bits per heavy atom. The molecule has 0 bridgehead atoms. The van der Waals surface area contributed by atoms with E-state index in [9.17, 15) is 9.18 Å². The second kappa shape index (κ2) is 7.81. The second-order valence-corrected chi connectivity index (χ2v) is 6.73. The smallest absolute Gasteiger partial charge is 0.262 e. The van der Waals surface area contributed by atoms with Crippen LogP contribution >= 0.6 is 11.6 Å². The van der Waals surface area contributed by atoms with E-state index in [4.69, 9.17) is 22.1 Å². The van der Waals surface area contributed by atoms with E-state index in [1.165, 1.54) is 18.2 Å². The minimum atomic E-state index is -0.553. The molecule has 0 spiro atoms. The fraction of sp³-hybridized carbons (Fsp3) is 0.0476. The number of anilines is 2. The van der Waals surface area contributed by atoms with Crippen LogP contribution in [0.2, 0.25) is 5.02 Å². The van der Waals surface area contributed by atoms with E-state index in [1.807, 2.05) is 35.0 Å². The molecule has 0 radical (unpaired) electrons. The van der Waals surface area contributed by atoms with Crippen molar-refractivity contribution in [2.45, 2.75) is 0 Å². The molecule has 2 aromatic heterocycles. The van der Waals surface area contributed by atoms with Gasteiger partial charge in [-0.3, -0.25) is 4.79 Å². The average molecular weight is 411 g/mol. The number of benzene rings is 2. The normalized spacial score (nSPS) is 10.8. The molecule has 4 rings (SSSR count). The molecule has 0 unspecified atom stereocenters. The van der Waals surface area contributed by atoms with Crippen molar-refractivity contribution in [3.8, 4) is 17.0 Å². The average Bonchev–Trinajstić information content (AvgIpc) is 3.14. The first-order valence-corrected chi connectivity index (χ1v) is 9.09. The molecule has 6 nitrogen and oxygen atoms in total. The molecule has 0 aliphatic rings. The maximum Gasteiger partial charge on any atom is 0.262 e. The predicted molar refractivity (Wildman–Crippen MR) is 111 cm³/mol. The van der Waals surface area contributed by atoms with Crippen molar-refractivity contribution in [2.24, 2.45) is 0 Å². The van der Waals surface area contributed by atoms with Gasteiger partial charge in [-0.1, -0.05) is 23.7 Å². The van der Waals surface area contributed by atoms with Crippen LogP contribution in [0.25, 0.3) is 16.9 Å². The van der Waals surface area contributed by atoms with Crippen molar-refractivity contribution in [1.82, 2.24) is 9.38 Å². The number of rotatable bonds is 5. The van der Waals surface area contributed by atoms with E-state index in [1.54, 1.807) is 18.2 Å². The SMILES string of the molecule is Nc1cccc(-c2cn3cccc(OCC(=O)Nc4ccc(F)c(Cl)c4)c3n2)c1. The van der Waals surface area contributed by atoms with Crippen molar-refractivity contribution in [3.05, 3.63) is 77.8 Å². The van der Waals surface area contributed by atoms with Crippen molar-refractivity contribution in [1.29, 1.82) is 0 Å². The zero-order valence-corrected chi connectivity index (χ0v) is 15.9. The molecule has 3 N–H and O–H groups in total. The van der Waals surface area contributed by atoms with E-state index in [0.29, 0.717) is 22.8 Å². The number of hydrogen-bond donors (Lipinski definition) is 2. The topological polar surface area (TPSA) is 81.6 Å². The van der Waals surface area contributed by atoms with Crippen LogP contribution in [0.3, 0.4) is 0 Å². The molecule has 0 aliphatic carbocycles. The number of ether oxygens (including phenoxy) is 1. The Morgan fingerprint density at radius 2 is 2.07 bits per heavy atom. The summed E-state index contributed by atoms with van der Waals surface area (Å²) >= 11 is 5.72. The van der Waals surface area contributed by atoms with E-state index >= 15 is 0 Å². The van der Waals surface area contributed by atoms with Crippen molar-refractivity contribution >= 4 is 34.5 Å². The molecule has 2 aromatic carbocycles. The predicted octanol–water partition coefficient (Wildman–Crippen LogP) is 4.39. The third-order valence-corrected chi connectivity index (χ3v) is 4.48. The number of aromatic nitrogens is 2. The lowest BCUT2D eigenvalue weighted by atomic mass is 10.1.